The summed E-state index contributed by atoms with van der Waals surface area (Å²) in [5.74, 6) is 0. The van der Waals surface area contributed by atoms with Crippen molar-refractivity contribution < 1.29 is 0 Å². The first-order valence-corrected chi connectivity index (χ1v) is 27.3. The number of hydrogen-bond acceptors (Lipinski definition) is 4. The van der Waals surface area contributed by atoms with Gasteiger partial charge in [-0.05, 0) is 150 Å². The second kappa shape index (κ2) is 17.0. The maximum atomic E-state index is 2.61. The van der Waals surface area contributed by atoms with E-state index in [1.807, 2.05) is 11.3 Å². The summed E-state index contributed by atoms with van der Waals surface area (Å²) in [6, 6.07) is 63.7. The van der Waals surface area contributed by atoms with E-state index in [-0.39, 0.29) is 33.8 Å². The van der Waals surface area contributed by atoms with Crippen molar-refractivity contribution in [2.45, 2.75) is 131 Å². The smallest absolute Gasteiger partial charge is 0.252 e. The van der Waals surface area contributed by atoms with Gasteiger partial charge in [-0.15, -0.1) is 11.3 Å². The van der Waals surface area contributed by atoms with Crippen molar-refractivity contribution in [2.75, 3.05) is 14.7 Å². The summed E-state index contributed by atoms with van der Waals surface area (Å²) < 4.78 is 2.55. The highest BCUT2D eigenvalue weighted by atomic mass is 32.1. The fraction of sp³-hybridized carbons (Fsp3) is 0.294. The number of rotatable bonds is 5. The minimum atomic E-state index is -0.0570. The first kappa shape index (κ1) is 48.7. The molecule has 0 amide bonds. The number of nitrogens with zero attached hydrogens (tertiary/aromatic N) is 3. The number of anilines is 9. The van der Waals surface area contributed by atoms with Crippen LogP contribution in [0.4, 0.5) is 51.2 Å². The Morgan fingerprint density at radius 3 is 1.26 bits per heavy atom. The fourth-order valence-electron chi connectivity index (χ4n) is 11.3. The second-order valence-corrected chi connectivity index (χ2v) is 27.1. The molecule has 73 heavy (non-hydrogen) atoms. The van der Waals surface area contributed by atoms with Crippen LogP contribution in [-0.4, -0.2) is 6.71 Å². The van der Waals surface area contributed by atoms with Crippen LogP contribution in [0.1, 0.15) is 132 Å². The van der Waals surface area contributed by atoms with Crippen molar-refractivity contribution in [3.8, 4) is 0 Å². The lowest BCUT2D eigenvalue weighted by atomic mass is 9.33. The average molecular weight is 974 g/mol. The van der Waals surface area contributed by atoms with Gasteiger partial charge in [0, 0.05) is 61.0 Å². The Morgan fingerprint density at radius 1 is 0.370 bits per heavy atom. The third kappa shape index (κ3) is 8.46. The molecule has 0 unspecified atom stereocenters. The number of thiophene rings is 1. The van der Waals surface area contributed by atoms with Crippen LogP contribution in [0, 0.1) is 0 Å². The predicted molar refractivity (Wildman–Crippen MR) is 322 cm³/mol. The number of benzene rings is 8. The van der Waals surface area contributed by atoms with Crippen molar-refractivity contribution in [1.82, 2.24) is 0 Å². The molecule has 0 N–H and O–H groups in total. The predicted octanol–water partition coefficient (Wildman–Crippen LogP) is 18.1. The van der Waals surface area contributed by atoms with E-state index < -0.39 is 0 Å². The second-order valence-electron chi connectivity index (χ2n) is 26.0. The zero-order chi connectivity index (χ0) is 51.7. The van der Waals surface area contributed by atoms with Crippen LogP contribution in [0.2, 0.25) is 0 Å². The minimum Gasteiger partial charge on any atom is -0.311 e. The van der Waals surface area contributed by atoms with Gasteiger partial charge in [0.15, 0.2) is 0 Å². The van der Waals surface area contributed by atoms with E-state index in [9.17, 15) is 0 Å². The van der Waals surface area contributed by atoms with E-state index in [0.717, 1.165) is 17.1 Å². The Hall–Kier alpha value is -6.56. The SMILES string of the molecule is CC(C)(C)c1ccc(N2c3ccc(C(C)(C)C)cc3B3c4cc(C(C)(C)C)ccc4N(c4cc(N(c5ccc(C(C)(C)C)cc5)c5ccc(C(C)(C)C)cc5)c5sc6ccccc6c5c4)c4cccc2c43)cc1. The van der Waals surface area contributed by atoms with E-state index in [1.165, 1.54) is 98.5 Å². The standard InChI is InChI=1S/C68H72BN3S/c1-64(2,3)43-23-31-48(32-24-43)70(49-33-25-44(26-34-49)65(4,5)6)60-42-51(41-53-52-19-16-17-22-61(52)73-63(53)60)72-57-38-30-47(68(13,14)15)40-55(57)69-54-39-46(67(10,11)12)29-37-56(54)71(58-20-18-21-59(72)62(58)69)50-35-27-45(28-36-50)66(7,8)9/h16-42H,1-15H3. The highest BCUT2D eigenvalue weighted by Crippen LogP contribution is 2.51. The summed E-state index contributed by atoms with van der Waals surface area (Å²) in [4.78, 5) is 7.67. The molecule has 0 radical (unpaired) electrons. The van der Waals surface area contributed by atoms with Crippen molar-refractivity contribution in [1.29, 1.82) is 0 Å². The van der Waals surface area contributed by atoms with Crippen LogP contribution in [0.25, 0.3) is 20.2 Å². The van der Waals surface area contributed by atoms with Gasteiger partial charge in [-0.2, -0.15) is 0 Å². The Balaban J connectivity index is 1.22. The fourth-order valence-corrected chi connectivity index (χ4v) is 12.5. The molecule has 2 aliphatic rings. The van der Waals surface area contributed by atoms with E-state index in [0.29, 0.717) is 0 Å². The molecule has 3 heterocycles. The highest BCUT2D eigenvalue weighted by Gasteiger charge is 2.44. The minimum absolute atomic E-state index is 0.00601. The molecule has 0 aliphatic carbocycles. The molecule has 2 aliphatic heterocycles. The van der Waals surface area contributed by atoms with Gasteiger partial charge >= 0.3 is 0 Å². The van der Waals surface area contributed by atoms with Gasteiger partial charge in [0.25, 0.3) is 6.71 Å². The van der Waals surface area contributed by atoms with Gasteiger partial charge in [-0.3, -0.25) is 0 Å². The van der Waals surface area contributed by atoms with Gasteiger partial charge in [0.05, 0.1) is 10.4 Å². The van der Waals surface area contributed by atoms with Gasteiger partial charge in [-0.1, -0.05) is 189 Å². The molecule has 0 fully saturated rings. The van der Waals surface area contributed by atoms with E-state index in [1.54, 1.807) is 0 Å². The molecule has 368 valence electrons. The van der Waals surface area contributed by atoms with Crippen molar-refractivity contribution >= 4 is 106 Å². The van der Waals surface area contributed by atoms with Crippen LogP contribution < -0.4 is 31.1 Å². The highest BCUT2D eigenvalue weighted by molar-refractivity contribution is 7.26. The monoisotopic (exact) mass is 974 g/mol. The molecule has 3 nitrogen and oxygen atoms in total. The number of fused-ring (bicyclic) bond motifs is 7. The third-order valence-electron chi connectivity index (χ3n) is 15.6. The lowest BCUT2D eigenvalue weighted by Crippen LogP contribution is -2.61. The Labute approximate surface area is 440 Å². The summed E-state index contributed by atoms with van der Waals surface area (Å²) in [6.07, 6.45) is 0. The van der Waals surface area contributed by atoms with Crippen LogP contribution in [-0.2, 0) is 27.1 Å². The van der Waals surface area contributed by atoms with Crippen molar-refractivity contribution in [3.63, 3.8) is 0 Å². The van der Waals surface area contributed by atoms with Gasteiger partial charge in [0.2, 0.25) is 0 Å². The van der Waals surface area contributed by atoms with Crippen LogP contribution in [0.15, 0.2) is 164 Å². The van der Waals surface area contributed by atoms with Gasteiger partial charge < -0.3 is 14.7 Å². The quantitative estimate of drug-likeness (QED) is 0.159. The van der Waals surface area contributed by atoms with Crippen molar-refractivity contribution in [3.05, 3.63) is 192 Å². The average Bonchev–Trinajstić information content (AvgIpc) is 3.71. The van der Waals surface area contributed by atoms with E-state index in [4.69, 9.17) is 0 Å². The molecular weight excluding hydrogens is 902 g/mol. The van der Waals surface area contributed by atoms with Gasteiger partial charge in [0.1, 0.15) is 0 Å². The van der Waals surface area contributed by atoms with E-state index in [2.05, 4.69) is 282 Å². The summed E-state index contributed by atoms with van der Waals surface area (Å²) in [7, 11) is 0. The summed E-state index contributed by atoms with van der Waals surface area (Å²) in [5.41, 5.74) is 21.3. The molecular formula is C68H72BN3S. The van der Waals surface area contributed by atoms with Gasteiger partial charge in [-0.25, -0.2) is 0 Å². The number of hydrogen-bond donors (Lipinski definition) is 0. The van der Waals surface area contributed by atoms with E-state index >= 15 is 0 Å². The maximum Gasteiger partial charge on any atom is 0.252 e. The first-order valence-electron chi connectivity index (χ1n) is 26.5. The maximum absolute atomic E-state index is 2.61. The molecule has 0 saturated carbocycles. The third-order valence-corrected chi connectivity index (χ3v) is 16.8. The molecule has 0 saturated heterocycles. The van der Waals surface area contributed by atoms with Crippen molar-refractivity contribution in [2.24, 2.45) is 0 Å². The van der Waals surface area contributed by atoms with Crippen LogP contribution >= 0.6 is 11.3 Å². The zero-order valence-corrected chi connectivity index (χ0v) is 46.7. The molecule has 11 rings (SSSR count). The molecule has 9 aromatic rings. The molecule has 5 heteroatoms. The zero-order valence-electron chi connectivity index (χ0n) is 45.9. The molecule has 1 aromatic heterocycles. The Kier molecular flexibility index (Phi) is 11.3. The Bertz CT molecular complexity index is 3530. The lowest BCUT2D eigenvalue weighted by Gasteiger charge is -2.45. The largest absolute Gasteiger partial charge is 0.311 e. The summed E-state index contributed by atoms with van der Waals surface area (Å²) in [6.45, 7) is 34.8. The molecule has 0 spiro atoms. The summed E-state index contributed by atoms with van der Waals surface area (Å²) in [5, 5.41) is 2.54. The normalized spacial score (nSPS) is 13.9. The van der Waals surface area contributed by atoms with Crippen LogP contribution in [0.3, 0.4) is 0 Å². The topological polar surface area (TPSA) is 9.72 Å². The lowest BCUT2D eigenvalue weighted by molar-refractivity contribution is 0.590. The van der Waals surface area contributed by atoms with Crippen LogP contribution in [0.5, 0.6) is 0 Å². The molecule has 8 aromatic carbocycles. The first-order chi connectivity index (χ1) is 34.4. The molecule has 0 atom stereocenters. The Morgan fingerprint density at radius 2 is 0.795 bits per heavy atom. The summed E-state index contributed by atoms with van der Waals surface area (Å²) >= 11 is 1.90. The molecule has 0 bridgehead atoms.